The lowest BCUT2D eigenvalue weighted by atomic mass is 9.67. The van der Waals surface area contributed by atoms with Crippen LogP contribution in [0.5, 0.6) is 0 Å². The van der Waals surface area contributed by atoms with Gasteiger partial charge in [0.15, 0.2) is 0 Å². The lowest BCUT2D eigenvalue weighted by Gasteiger charge is -2.43. The van der Waals surface area contributed by atoms with Gasteiger partial charge < -0.3 is 5.32 Å². The molecule has 1 N–H and O–H groups in total. The van der Waals surface area contributed by atoms with E-state index in [1.165, 1.54) is 32.4 Å². The monoisotopic (exact) mass is 201 g/mol. The van der Waals surface area contributed by atoms with Gasteiger partial charge in [-0.2, -0.15) is 0 Å². The Morgan fingerprint density at radius 1 is 0.933 bits per heavy atom. The van der Waals surface area contributed by atoms with E-state index in [2.05, 4.69) is 35.6 Å². The Kier molecular flexibility index (Phi) is 2.49. The molecular formula is C14H19N. The smallest absolute Gasteiger partial charge is 0.00144 e. The standard InChI is InChI=1S/C14H19N/c1-2-5-11(6-3-1)14-12-7-4-8-13(14)10-15-9-12/h1-3,5-6,12-15H,4,7-10H2. The van der Waals surface area contributed by atoms with Crippen LogP contribution in [-0.2, 0) is 0 Å². The summed E-state index contributed by atoms with van der Waals surface area (Å²) in [5, 5.41) is 3.59. The van der Waals surface area contributed by atoms with E-state index in [9.17, 15) is 0 Å². The predicted octanol–water partition coefficient (Wildman–Crippen LogP) is 2.79. The molecule has 1 aromatic rings. The highest BCUT2D eigenvalue weighted by Crippen LogP contribution is 2.43. The third-order valence-corrected chi connectivity index (χ3v) is 4.16. The number of benzene rings is 1. The molecule has 2 fully saturated rings. The molecule has 15 heavy (non-hydrogen) atoms. The van der Waals surface area contributed by atoms with Crippen LogP contribution in [0.2, 0.25) is 0 Å². The molecule has 2 unspecified atom stereocenters. The summed E-state index contributed by atoms with van der Waals surface area (Å²) >= 11 is 0. The van der Waals surface area contributed by atoms with Crippen LogP contribution in [0.3, 0.4) is 0 Å². The zero-order valence-corrected chi connectivity index (χ0v) is 9.15. The summed E-state index contributed by atoms with van der Waals surface area (Å²) in [6.07, 6.45) is 4.28. The SMILES string of the molecule is c1ccc(C2C3CCCC2CNC3)cc1. The van der Waals surface area contributed by atoms with Gasteiger partial charge >= 0.3 is 0 Å². The van der Waals surface area contributed by atoms with Crippen molar-refractivity contribution in [2.75, 3.05) is 13.1 Å². The van der Waals surface area contributed by atoms with Crippen LogP contribution in [0, 0.1) is 11.8 Å². The van der Waals surface area contributed by atoms with Crippen LogP contribution in [0.25, 0.3) is 0 Å². The lowest BCUT2D eigenvalue weighted by molar-refractivity contribution is 0.166. The Morgan fingerprint density at radius 3 is 2.27 bits per heavy atom. The molecule has 1 saturated heterocycles. The molecular weight excluding hydrogens is 182 g/mol. The number of fused-ring (bicyclic) bond motifs is 2. The van der Waals surface area contributed by atoms with Crippen molar-refractivity contribution in [3.8, 4) is 0 Å². The van der Waals surface area contributed by atoms with Crippen molar-refractivity contribution >= 4 is 0 Å². The van der Waals surface area contributed by atoms with Crippen molar-refractivity contribution in [2.45, 2.75) is 25.2 Å². The average molecular weight is 201 g/mol. The van der Waals surface area contributed by atoms with Gasteiger partial charge in [-0.15, -0.1) is 0 Å². The Morgan fingerprint density at radius 2 is 1.60 bits per heavy atom. The van der Waals surface area contributed by atoms with E-state index in [-0.39, 0.29) is 0 Å². The fourth-order valence-corrected chi connectivity index (χ4v) is 3.52. The van der Waals surface area contributed by atoms with Crippen LogP contribution < -0.4 is 5.32 Å². The summed E-state index contributed by atoms with van der Waals surface area (Å²) in [4.78, 5) is 0. The molecule has 0 radical (unpaired) electrons. The highest BCUT2D eigenvalue weighted by molar-refractivity contribution is 5.23. The average Bonchev–Trinajstić information content (AvgIpc) is 2.29. The van der Waals surface area contributed by atoms with Gasteiger partial charge in [0.1, 0.15) is 0 Å². The molecule has 1 aliphatic carbocycles. The predicted molar refractivity (Wildman–Crippen MR) is 62.9 cm³/mol. The van der Waals surface area contributed by atoms with Crippen LogP contribution in [0.15, 0.2) is 30.3 Å². The van der Waals surface area contributed by atoms with E-state index < -0.39 is 0 Å². The van der Waals surface area contributed by atoms with Crippen molar-refractivity contribution in [2.24, 2.45) is 11.8 Å². The van der Waals surface area contributed by atoms with Gasteiger partial charge in [0.2, 0.25) is 0 Å². The topological polar surface area (TPSA) is 12.0 Å². The summed E-state index contributed by atoms with van der Waals surface area (Å²) in [5.74, 6) is 2.61. The van der Waals surface area contributed by atoms with Crippen molar-refractivity contribution in [3.05, 3.63) is 35.9 Å². The molecule has 0 amide bonds. The summed E-state index contributed by atoms with van der Waals surface area (Å²) < 4.78 is 0. The first-order valence-corrected chi connectivity index (χ1v) is 6.21. The van der Waals surface area contributed by atoms with E-state index >= 15 is 0 Å². The van der Waals surface area contributed by atoms with Crippen LogP contribution in [-0.4, -0.2) is 13.1 Å². The number of rotatable bonds is 1. The first-order chi connectivity index (χ1) is 7.45. The minimum Gasteiger partial charge on any atom is -0.316 e. The maximum atomic E-state index is 3.59. The second-order valence-electron chi connectivity index (χ2n) is 5.05. The fourth-order valence-electron chi connectivity index (χ4n) is 3.52. The third kappa shape index (κ3) is 1.69. The molecule has 3 rings (SSSR count). The highest BCUT2D eigenvalue weighted by atomic mass is 14.9. The zero-order valence-electron chi connectivity index (χ0n) is 9.15. The first kappa shape index (κ1) is 9.41. The fraction of sp³-hybridized carbons (Fsp3) is 0.571. The normalized spacial score (nSPS) is 35.1. The van der Waals surface area contributed by atoms with E-state index in [0.29, 0.717) is 0 Å². The molecule has 2 bridgehead atoms. The van der Waals surface area contributed by atoms with Gasteiger partial charge in [-0.1, -0.05) is 36.8 Å². The van der Waals surface area contributed by atoms with Gasteiger partial charge in [-0.3, -0.25) is 0 Å². The van der Waals surface area contributed by atoms with Gasteiger partial charge in [0.25, 0.3) is 0 Å². The van der Waals surface area contributed by atoms with Crippen molar-refractivity contribution in [3.63, 3.8) is 0 Å². The number of hydrogen-bond acceptors (Lipinski definition) is 1. The first-order valence-electron chi connectivity index (χ1n) is 6.21. The minimum absolute atomic E-state index is 0.834. The number of hydrogen-bond donors (Lipinski definition) is 1. The van der Waals surface area contributed by atoms with Crippen LogP contribution >= 0.6 is 0 Å². The Labute approximate surface area is 91.9 Å². The molecule has 1 aromatic carbocycles. The minimum atomic E-state index is 0.834. The van der Waals surface area contributed by atoms with E-state index in [1.54, 1.807) is 5.56 Å². The number of piperidine rings is 1. The van der Waals surface area contributed by atoms with Crippen molar-refractivity contribution in [1.29, 1.82) is 0 Å². The molecule has 0 spiro atoms. The molecule has 1 heterocycles. The molecule has 1 nitrogen and oxygen atoms in total. The van der Waals surface area contributed by atoms with Gasteiger partial charge in [-0.05, 0) is 49.2 Å². The summed E-state index contributed by atoms with van der Waals surface area (Å²) in [6, 6.07) is 11.1. The Bertz CT molecular complexity index is 297. The largest absolute Gasteiger partial charge is 0.316 e. The Balaban J connectivity index is 1.90. The number of nitrogens with one attached hydrogen (secondary N) is 1. The summed E-state index contributed by atoms with van der Waals surface area (Å²) in [6.45, 7) is 2.46. The maximum Gasteiger partial charge on any atom is -0.00144 e. The zero-order chi connectivity index (χ0) is 10.1. The molecule has 2 atom stereocenters. The van der Waals surface area contributed by atoms with Gasteiger partial charge in [0.05, 0.1) is 0 Å². The molecule has 80 valence electrons. The Hall–Kier alpha value is -0.820. The van der Waals surface area contributed by atoms with Crippen LogP contribution in [0.4, 0.5) is 0 Å². The second kappa shape index (κ2) is 3.97. The van der Waals surface area contributed by atoms with E-state index in [4.69, 9.17) is 0 Å². The highest BCUT2D eigenvalue weighted by Gasteiger charge is 2.36. The van der Waals surface area contributed by atoms with Crippen LogP contribution in [0.1, 0.15) is 30.7 Å². The van der Waals surface area contributed by atoms with Crippen molar-refractivity contribution in [1.82, 2.24) is 5.32 Å². The third-order valence-electron chi connectivity index (χ3n) is 4.16. The van der Waals surface area contributed by atoms with Gasteiger partial charge in [0, 0.05) is 0 Å². The molecule has 1 aliphatic heterocycles. The second-order valence-corrected chi connectivity index (χ2v) is 5.05. The van der Waals surface area contributed by atoms with E-state index in [0.717, 1.165) is 17.8 Å². The molecule has 0 aromatic heterocycles. The lowest BCUT2D eigenvalue weighted by Crippen LogP contribution is -2.44. The molecule has 1 heteroatoms. The van der Waals surface area contributed by atoms with E-state index in [1.807, 2.05) is 0 Å². The van der Waals surface area contributed by atoms with Gasteiger partial charge in [-0.25, -0.2) is 0 Å². The summed E-state index contributed by atoms with van der Waals surface area (Å²) in [5.41, 5.74) is 1.58. The molecule has 1 saturated carbocycles. The molecule has 2 aliphatic rings. The van der Waals surface area contributed by atoms with Crippen molar-refractivity contribution < 1.29 is 0 Å². The quantitative estimate of drug-likeness (QED) is 0.736. The summed E-state index contributed by atoms with van der Waals surface area (Å²) in [7, 11) is 0. The maximum absolute atomic E-state index is 3.59.